The van der Waals surface area contributed by atoms with Crippen molar-refractivity contribution in [2.24, 2.45) is 0 Å². The van der Waals surface area contributed by atoms with Crippen LogP contribution in [-0.2, 0) is 0 Å². The van der Waals surface area contributed by atoms with Gasteiger partial charge in [0, 0.05) is 60.0 Å². The van der Waals surface area contributed by atoms with Crippen LogP contribution in [0.4, 0.5) is 0 Å². The third-order valence-electron chi connectivity index (χ3n) is 11.9. The van der Waals surface area contributed by atoms with Gasteiger partial charge >= 0.3 is 0 Å². The van der Waals surface area contributed by atoms with E-state index in [-0.39, 0.29) is 0 Å². The Morgan fingerprint density at radius 1 is 0.321 bits per heavy atom. The summed E-state index contributed by atoms with van der Waals surface area (Å²) in [4.78, 5) is 0. The molecule has 0 atom stereocenters. The summed E-state index contributed by atoms with van der Waals surface area (Å²) < 4.78 is 18.0. The summed E-state index contributed by atoms with van der Waals surface area (Å²) in [6.07, 6.45) is 0. The van der Waals surface area contributed by atoms with E-state index in [4.69, 9.17) is 8.83 Å². The molecule has 0 amide bonds. The first-order valence-corrected chi connectivity index (χ1v) is 19.1. The van der Waals surface area contributed by atoms with Crippen molar-refractivity contribution in [2.75, 3.05) is 0 Å². The molecule has 13 rings (SSSR count). The van der Waals surface area contributed by atoms with Crippen molar-refractivity contribution >= 4 is 98.3 Å². The Balaban J connectivity index is 1.09. The van der Waals surface area contributed by atoms with E-state index in [1.165, 1.54) is 54.4 Å². The summed E-state index contributed by atoms with van der Waals surface area (Å²) in [5, 5.41) is 11.8. The third-order valence-corrected chi connectivity index (χ3v) is 11.9. The normalized spacial score (nSPS) is 12.3. The number of para-hydroxylation sites is 4. The fourth-order valence-corrected chi connectivity index (χ4v) is 9.51. The van der Waals surface area contributed by atoms with Crippen LogP contribution in [0.25, 0.3) is 121 Å². The van der Waals surface area contributed by atoms with Crippen molar-refractivity contribution in [3.63, 3.8) is 0 Å². The zero-order valence-electron chi connectivity index (χ0n) is 30.0. The van der Waals surface area contributed by atoms with Crippen molar-refractivity contribution < 1.29 is 8.83 Å². The van der Waals surface area contributed by atoms with Gasteiger partial charge in [-0.05, 0) is 77.0 Å². The van der Waals surface area contributed by atoms with Crippen molar-refractivity contribution in [1.29, 1.82) is 0 Å². The Morgan fingerprint density at radius 3 is 1.89 bits per heavy atom. The summed E-state index contributed by atoms with van der Waals surface area (Å²) in [5.74, 6) is 0. The van der Waals surface area contributed by atoms with Crippen LogP contribution in [0, 0.1) is 0 Å². The van der Waals surface area contributed by atoms with Gasteiger partial charge in [0.1, 0.15) is 22.3 Å². The fourth-order valence-electron chi connectivity index (χ4n) is 9.51. The maximum atomic E-state index is 6.79. The molecule has 0 bridgehead atoms. The van der Waals surface area contributed by atoms with Crippen LogP contribution in [0.2, 0.25) is 0 Å². The van der Waals surface area contributed by atoms with Crippen LogP contribution in [-0.4, -0.2) is 9.13 Å². The zero-order chi connectivity index (χ0) is 36.5. The molecule has 0 fully saturated rings. The number of nitrogens with zero attached hydrogens (tertiary/aromatic N) is 2. The molecule has 0 radical (unpaired) electrons. The standard InChI is InChI=1S/C52H30N2O2/c1-2-12-32-29-33(24-23-31(32)11-1)53-44-20-7-4-14-40(44)50-45(53)27-26-37-35-13-3-6-19-43(35)54(51(37)50)34-25-28-47-42(30-34)39-18-9-17-38(52(39)56-47)36-16-10-22-48-49(36)41-15-5-8-21-46(41)55-48/h1-30H. The molecule has 4 aromatic heterocycles. The molecule has 0 N–H and O–H groups in total. The van der Waals surface area contributed by atoms with Gasteiger partial charge in [-0.15, -0.1) is 0 Å². The highest BCUT2D eigenvalue weighted by Gasteiger charge is 2.22. The summed E-state index contributed by atoms with van der Waals surface area (Å²) in [6, 6.07) is 65.3. The lowest BCUT2D eigenvalue weighted by molar-refractivity contribution is 0.668. The molecule has 260 valence electrons. The average Bonchev–Trinajstić information content (AvgIpc) is 4.01. The van der Waals surface area contributed by atoms with Gasteiger partial charge in [-0.2, -0.15) is 0 Å². The van der Waals surface area contributed by atoms with Gasteiger partial charge in [-0.1, -0.05) is 121 Å². The number of furan rings is 2. The lowest BCUT2D eigenvalue weighted by Gasteiger charge is -2.11. The minimum Gasteiger partial charge on any atom is -0.456 e. The van der Waals surface area contributed by atoms with Gasteiger partial charge in [0.15, 0.2) is 0 Å². The zero-order valence-corrected chi connectivity index (χ0v) is 30.0. The van der Waals surface area contributed by atoms with E-state index in [0.29, 0.717) is 0 Å². The molecule has 56 heavy (non-hydrogen) atoms. The molecule has 9 aromatic carbocycles. The maximum Gasteiger partial charge on any atom is 0.143 e. The molecule has 13 aromatic rings. The average molecular weight is 715 g/mol. The molecule has 0 saturated carbocycles. The maximum absolute atomic E-state index is 6.79. The molecule has 0 unspecified atom stereocenters. The van der Waals surface area contributed by atoms with Crippen LogP contribution >= 0.6 is 0 Å². The summed E-state index contributed by atoms with van der Waals surface area (Å²) in [7, 11) is 0. The molecule has 4 nitrogen and oxygen atoms in total. The molecule has 0 aliphatic carbocycles. The molecule has 0 spiro atoms. The van der Waals surface area contributed by atoms with Gasteiger partial charge in [0.25, 0.3) is 0 Å². The van der Waals surface area contributed by atoms with E-state index in [1.54, 1.807) is 0 Å². The highest BCUT2D eigenvalue weighted by atomic mass is 16.3. The predicted octanol–water partition coefficient (Wildman–Crippen LogP) is 14.5. The molecule has 0 aliphatic heterocycles. The lowest BCUT2D eigenvalue weighted by atomic mass is 9.97. The lowest BCUT2D eigenvalue weighted by Crippen LogP contribution is -1.95. The largest absolute Gasteiger partial charge is 0.456 e. The Kier molecular flexibility index (Phi) is 5.86. The summed E-state index contributed by atoms with van der Waals surface area (Å²) in [6.45, 7) is 0. The van der Waals surface area contributed by atoms with E-state index in [9.17, 15) is 0 Å². The fraction of sp³-hybridized carbons (Fsp3) is 0. The topological polar surface area (TPSA) is 36.1 Å². The minimum atomic E-state index is 0.860. The van der Waals surface area contributed by atoms with E-state index in [2.05, 4.69) is 173 Å². The molecule has 0 aliphatic rings. The van der Waals surface area contributed by atoms with Crippen molar-refractivity contribution in [2.45, 2.75) is 0 Å². The van der Waals surface area contributed by atoms with Crippen molar-refractivity contribution in [3.8, 4) is 22.5 Å². The highest BCUT2D eigenvalue weighted by Crippen LogP contribution is 2.45. The molecular weight excluding hydrogens is 685 g/mol. The van der Waals surface area contributed by atoms with Crippen LogP contribution < -0.4 is 0 Å². The van der Waals surface area contributed by atoms with E-state index >= 15 is 0 Å². The quantitative estimate of drug-likeness (QED) is 0.183. The smallest absolute Gasteiger partial charge is 0.143 e. The number of benzene rings is 9. The second kappa shape index (κ2) is 11.0. The van der Waals surface area contributed by atoms with Crippen molar-refractivity contribution in [1.82, 2.24) is 9.13 Å². The van der Waals surface area contributed by atoms with E-state index in [1.807, 2.05) is 18.2 Å². The Bertz CT molecular complexity index is 3780. The van der Waals surface area contributed by atoms with Gasteiger partial charge in [-0.3, -0.25) is 0 Å². The van der Waals surface area contributed by atoms with Crippen LogP contribution in [0.1, 0.15) is 0 Å². The van der Waals surface area contributed by atoms with Gasteiger partial charge in [0.2, 0.25) is 0 Å². The molecular formula is C52H30N2O2. The van der Waals surface area contributed by atoms with E-state index in [0.717, 1.165) is 66.4 Å². The van der Waals surface area contributed by atoms with Crippen LogP contribution in [0.15, 0.2) is 191 Å². The van der Waals surface area contributed by atoms with Crippen LogP contribution in [0.3, 0.4) is 0 Å². The first-order valence-electron chi connectivity index (χ1n) is 19.1. The number of hydrogen-bond donors (Lipinski definition) is 0. The van der Waals surface area contributed by atoms with Gasteiger partial charge in [0.05, 0.1) is 22.1 Å². The number of aromatic nitrogens is 2. The minimum absolute atomic E-state index is 0.860. The Morgan fingerprint density at radius 2 is 0.982 bits per heavy atom. The number of fused-ring (bicyclic) bond motifs is 14. The predicted molar refractivity (Wildman–Crippen MR) is 233 cm³/mol. The molecule has 0 saturated heterocycles. The second-order valence-corrected chi connectivity index (χ2v) is 14.8. The third kappa shape index (κ3) is 3.97. The second-order valence-electron chi connectivity index (χ2n) is 14.8. The van der Waals surface area contributed by atoms with E-state index < -0.39 is 0 Å². The van der Waals surface area contributed by atoms with Crippen LogP contribution in [0.5, 0.6) is 0 Å². The number of rotatable bonds is 3. The highest BCUT2D eigenvalue weighted by molar-refractivity contribution is 6.26. The summed E-state index contributed by atoms with van der Waals surface area (Å²) in [5.41, 5.74) is 12.6. The Hall–Kier alpha value is -7.56. The molecule has 4 heterocycles. The summed E-state index contributed by atoms with van der Waals surface area (Å²) >= 11 is 0. The monoisotopic (exact) mass is 714 g/mol. The first kappa shape index (κ1) is 29.8. The van der Waals surface area contributed by atoms with Crippen molar-refractivity contribution in [3.05, 3.63) is 182 Å². The number of hydrogen-bond acceptors (Lipinski definition) is 2. The van der Waals surface area contributed by atoms with Gasteiger partial charge < -0.3 is 18.0 Å². The van der Waals surface area contributed by atoms with Gasteiger partial charge in [-0.25, -0.2) is 0 Å². The SMILES string of the molecule is c1ccc2cc(-n3c4ccccc4c4c3ccc3c5ccccc5n(-c5ccc6oc7c(-c8cccc9oc%10ccccc%10c89)cccc7c6c5)c34)ccc2c1. The first-order chi connectivity index (χ1) is 27.8. The molecule has 4 heteroatoms. The Labute approximate surface area is 319 Å².